The first kappa shape index (κ1) is 8.44. The molecule has 0 amide bonds. The van der Waals surface area contributed by atoms with E-state index in [0.29, 0.717) is 11.2 Å². The number of nitrogens with zero attached hydrogens (tertiary/aromatic N) is 1. The summed E-state index contributed by atoms with van der Waals surface area (Å²) in [6.45, 7) is 0. The number of hydrogen-bond donors (Lipinski definition) is 1. The summed E-state index contributed by atoms with van der Waals surface area (Å²) in [6.07, 6.45) is 1.57. The van der Waals surface area contributed by atoms with Gasteiger partial charge in [0, 0.05) is 17.6 Å². The maximum atomic E-state index is 12.8. The van der Waals surface area contributed by atoms with Crippen LogP contribution in [0.5, 0.6) is 0 Å². The predicted octanol–water partition coefficient (Wildman–Crippen LogP) is 2.72. The first-order valence-electron chi connectivity index (χ1n) is 3.68. The maximum Gasteiger partial charge on any atom is 0.125 e. The predicted molar refractivity (Wildman–Crippen MR) is 53.8 cm³/mol. The molecule has 1 heterocycles. The number of fused-ring (bicyclic) bond motifs is 1. The Balaban J connectivity index is 2.87. The molecule has 0 aliphatic rings. The minimum absolute atomic E-state index is 0.304. The SMILES string of the molecule is Nc1c(Br)cnc2cc(F)ccc12. The van der Waals surface area contributed by atoms with Gasteiger partial charge in [-0.25, -0.2) is 4.39 Å². The van der Waals surface area contributed by atoms with Gasteiger partial charge >= 0.3 is 0 Å². The number of nitrogens with two attached hydrogens (primary N) is 1. The van der Waals surface area contributed by atoms with Crippen LogP contribution in [-0.2, 0) is 0 Å². The minimum atomic E-state index is -0.304. The largest absolute Gasteiger partial charge is 0.397 e. The lowest BCUT2D eigenvalue weighted by Crippen LogP contribution is -1.91. The van der Waals surface area contributed by atoms with Gasteiger partial charge in [-0.3, -0.25) is 4.98 Å². The van der Waals surface area contributed by atoms with Crippen LogP contribution < -0.4 is 5.73 Å². The summed E-state index contributed by atoms with van der Waals surface area (Å²) < 4.78 is 13.5. The van der Waals surface area contributed by atoms with Crippen molar-refractivity contribution in [3.05, 3.63) is 34.7 Å². The molecule has 0 bridgehead atoms. The molecule has 2 N–H and O–H groups in total. The van der Waals surface area contributed by atoms with E-state index in [1.165, 1.54) is 12.1 Å². The molecule has 1 aromatic heterocycles. The Labute approximate surface area is 82.7 Å². The molecule has 0 unspecified atom stereocenters. The van der Waals surface area contributed by atoms with Crippen LogP contribution in [0.25, 0.3) is 10.9 Å². The summed E-state index contributed by atoms with van der Waals surface area (Å²) in [4.78, 5) is 4.04. The van der Waals surface area contributed by atoms with Crippen molar-refractivity contribution in [1.29, 1.82) is 0 Å². The smallest absolute Gasteiger partial charge is 0.125 e. The standard InChI is InChI=1S/C9H6BrFN2/c10-7-4-13-8-3-5(11)1-2-6(8)9(7)12/h1-4H,(H2,12,13). The Hall–Kier alpha value is -1.16. The zero-order valence-corrected chi connectivity index (χ0v) is 8.18. The molecule has 2 nitrogen and oxygen atoms in total. The van der Waals surface area contributed by atoms with E-state index < -0.39 is 0 Å². The van der Waals surface area contributed by atoms with Crippen molar-refractivity contribution in [3.8, 4) is 0 Å². The highest BCUT2D eigenvalue weighted by atomic mass is 79.9. The highest BCUT2D eigenvalue weighted by molar-refractivity contribution is 9.10. The van der Waals surface area contributed by atoms with E-state index in [9.17, 15) is 4.39 Å². The fraction of sp³-hybridized carbons (Fsp3) is 0. The van der Waals surface area contributed by atoms with Crippen LogP contribution in [0.2, 0.25) is 0 Å². The average molecular weight is 241 g/mol. The topological polar surface area (TPSA) is 38.9 Å². The zero-order chi connectivity index (χ0) is 9.42. The minimum Gasteiger partial charge on any atom is -0.397 e. The Bertz CT molecular complexity index is 470. The van der Waals surface area contributed by atoms with E-state index in [2.05, 4.69) is 20.9 Å². The van der Waals surface area contributed by atoms with Crippen LogP contribution in [0, 0.1) is 5.82 Å². The summed E-state index contributed by atoms with van der Waals surface area (Å²) in [5.74, 6) is -0.304. The molecular formula is C9H6BrFN2. The van der Waals surface area contributed by atoms with E-state index in [-0.39, 0.29) is 5.82 Å². The monoisotopic (exact) mass is 240 g/mol. The van der Waals surface area contributed by atoms with Crippen molar-refractivity contribution in [1.82, 2.24) is 4.98 Å². The second kappa shape index (κ2) is 2.96. The number of pyridine rings is 1. The number of benzene rings is 1. The van der Waals surface area contributed by atoms with Crippen LogP contribution in [0.15, 0.2) is 28.9 Å². The fourth-order valence-electron chi connectivity index (χ4n) is 1.16. The van der Waals surface area contributed by atoms with Crippen LogP contribution in [-0.4, -0.2) is 4.98 Å². The molecule has 4 heteroatoms. The highest BCUT2D eigenvalue weighted by Crippen LogP contribution is 2.26. The van der Waals surface area contributed by atoms with E-state index in [1.807, 2.05) is 0 Å². The number of halogens is 2. The normalized spacial score (nSPS) is 10.6. The van der Waals surface area contributed by atoms with Crippen molar-refractivity contribution in [2.45, 2.75) is 0 Å². The second-order valence-corrected chi connectivity index (χ2v) is 3.54. The number of hydrogen-bond acceptors (Lipinski definition) is 2. The molecule has 2 aromatic rings. The molecule has 0 aliphatic carbocycles. The summed E-state index contributed by atoms with van der Waals surface area (Å²) in [5.41, 5.74) is 6.92. The van der Waals surface area contributed by atoms with Gasteiger partial charge in [-0.15, -0.1) is 0 Å². The van der Waals surface area contributed by atoms with Gasteiger partial charge in [0.1, 0.15) is 5.82 Å². The van der Waals surface area contributed by atoms with E-state index in [0.717, 1.165) is 9.86 Å². The first-order valence-corrected chi connectivity index (χ1v) is 4.47. The van der Waals surface area contributed by atoms with E-state index in [4.69, 9.17) is 5.73 Å². The van der Waals surface area contributed by atoms with E-state index >= 15 is 0 Å². The summed E-state index contributed by atoms with van der Waals surface area (Å²) in [7, 11) is 0. The molecule has 0 radical (unpaired) electrons. The van der Waals surface area contributed by atoms with Crippen molar-refractivity contribution in [2.24, 2.45) is 0 Å². The molecule has 66 valence electrons. The molecule has 0 saturated carbocycles. The lowest BCUT2D eigenvalue weighted by molar-refractivity contribution is 0.629. The first-order chi connectivity index (χ1) is 6.18. The third kappa shape index (κ3) is 1.37. The molecule has 0 spiro atoms. The molecular weight excluding hydrogens is 235 g/mol. The van der Waals surface area contributed by atoms with Gasteiger partial charge in [-0.1, -0.05) is 0 Å². The molecule has 13 heavy (non-hydrogen) atoms. The van der Waals surface area contributed by atoms with Crippen molar-refractivity contribution >= 4 is 32.5 Å². The fourth-order valence-corrected chi connectivity index (χ4v) is 1.48. The second-order valence-electron chi connectivity index (χ2n) is 2.68. The quantitative estimate of drug-likeness (QED) is 0.770. The van der Waals surface area contributed by atoms with Gasteiger partial charge < -0.3 is 5.73 Å². The highest BCUT2D eigenvalue weighted by Gasteiger charge is 2.03. The van der Waals surface area contributed by atoms with Crippen LogP contribution in [0.3, 0.4) is 0 Å². The van der Waals surface area contributed by atoms with Crippen LogP contribution >= 0.6 is 15.9 Å². The van der Waals surface area contributed by atoms with Crippen molar-refractivity contribution in [2.75, 3.05) is 5.73 Å². The number of rotatable bonds is 0. The molecule has 0 fully saturated rings. The van der Waals surface area contributed by atoms with Crippen molar-refractivity contribution < 1.29 is 4.39 Å². The molecule has 1 aromatic carbocycles. The van der Waals surface area contributed by atoms with Crippen molar-refractivity contribution in [3.63, 3.8) is 0 Å². The van der Waals surface area contributed by atoms with Gasteiger partial charge in [0.05, 0.1) is 15.7 Å². The van der Waals surface area contributed by atoms with Gasteiger partial charge in [0.2, 0.25) is 0 Å². The third-order valence-electron chi connectivity index (χ3n) is 1.82. The third-order valence-corrected chi connectivity index (χ3v) is 2.46. The maximum absolute atomic E-state index is 12.8. The molecule has 0 atom stereocenters. The Morgan fingerprint density at radius 3 is 2.92 bits per heavy atom. The Kier molecular flexibility index (Phi) is 1.92. The number of nitrogen functional groups attached to an aromatic ring is 1. The van der Waals surface area contributed by atoms with Crippen LogP contribution in [0.4, 0.5) is 10.1 Å². The Morgan fingerprint density at radius 1 is 1.38 bits per heavy atom. The van der Waals surface area contributed by atoms with Gasteiger partial charge in [-0.2, -0.15) is 0 Å². The summed E-state index contributed by atoms with van der Waals surface area (Å²) >= 11 is 3.25. The summed E-state index contributed by atoms with van der Waals surface area (Å²) in [5, 5.41) is 0.760. The lowest BCUT2D eigenvalue weighted by atomic mass is 10.2. The average Bonchev–Trinajstić information content (AvgIpc) is 2.12. The lowest BCUT2D eigenvalue weighted by Gasteiger charge is -2.02. The Morgan fingerprint density at radius 2 is 2.15 bits per heavy atom. The van der Waals surface area contributed by atoms with Gasteiger partial charge in [0.25, 0.3) is 0 Å². The van der Waals surface area contributed by atoms with Crippen LogP contribution in [0.1, 0.15) is 0 Å². The number of anilines is 1. The molecule has 0 aliphatic heterocycles. The number of aromatic nitrogens is 1. The van der Waals surface area contributed by atoms with Gasteiger partial charge in [0.15, 0.2) is 0 Å². The summed E-state index contributed by atoms with van der Waals surface area (Å²) in [6, 6.07) is 4.35. The zero-order valence-electron chi connectivity index (χ0n) is 6.59. The van der Waals surface area contributed by atoms with E-state index in [1.54, 1.807) is 12.3 Å². The molecule has 0 saturated heterocycles. The molecule has 2 rings (SSSR count). The van der Waals surface area contributed by atoms with Gasteiger partial charge in [-0.05, 0) is 28.1 Å².